The normalized spacial score (nSPS) is 9.50. The van der Waals surface area contributed by atoms with Gasteiger partial charge in [-0.2, -0.15) is 4.98 Å². The van der Waals surface area contributed by atoms with Gasteiger partial charge < -0.3 is 9.15 Å². The number of fused-ring (bicyclic) bond motifs is 2. The van der Waals surface area contributed by atoms with E-state index in [0.717, 1.165) is 6.07 Å². The van der Waals surface area contributed by atoms with Crippen molar-refractivity contribution in [1.82, 2.24) is 9.97 Å². The van der Waals surface area contributed by atoms with Crippen LogP contribution in [0.5, 0.6) is 5.75 Å². The highest BCUT2D eigenvalue weighted by atomic mass is 19.1. The Kier molecular flexibility index (Phi) is 3.72. The molecule has 1 aromatic rings. The number of halogens is 1. The van der Waals surface area contributed by atoms with E-state index in [2.05, 4.69) is 34.8 Å². The van der Waals surface area contributed by atoms with Gasteiger partial charge in [-0.3, -0.25) is 9.78 Å². The van der Waals surface area contributed by atoms with Crippen LogP contribution in [0.2, 0.25) is 0 Å². The second-order valence-electron chi connectivity index (χ2n) is 4.38. The topological polar surface area (TPSA) is 85.2 Å². The summed E-state index contributed by atoms with van der Waals surface area (Å²) in [6, 6.07) is 3.68. The third-order valence-electron chi connectivity index (χ3n) is 2.88. The van der Waals surface area contributed by atoms with Crippen molar-refractivity contribution in [2.75, 3.05) is 0 Å². The molecule has 0 spiro atoms. The van der Waals surface area contributed by atoms with Crippen molar-refractivity contribution < 1.29 is 13.5 Å². The molecule has 114 valence electrons. The number of nitrogens with one attached hydrogen (secondary N) is 1. The maximum Gasteiger partial charge on any atom is 0.351 e. The van der Waals surface area contributed by atoms with E-state index in [4.69, 9.17) is 15.6 Å². The largest absolute Gasteiger partial charge is 0.437 e. The zero-order valence-electron chi connectivity index (χ0n) is 11.8. The Morgan fingerprint density at radius 3 is 2.83 bits per heavy atom. The molecule has 1 N–H and O–H groups in total. The molecule has 6 nitrogen and oxygen atoms in total. The van der Waals surface area contributed by atoms with Crippen LogP contribution >= 0.6 is 0 Å². The summed E-state index contributed by atoms with van der Waals surface area (Å²) in [7, 11) is 0. The lowest BCUT2D eigenvalue weighted by atomic mass is 10.1. The van der Waals surface area contributed by atoms with Gasteiger partial charge >= 0.3 is 5.69 Å². The summed E-state index contributed by atoms with van der Waals surface area (Å²) in [5.41, 5.74) is -1.33. The lowest BCUT2D eigenvalue weighted by molar-refractivity contribution is 0.468. The molecule has 0 bridgehead atoms. The molecule has 2 aliphatic rings. The van der Waals surface area contributed by atoms with Crippen molar-refractivity contribution in [2.45, 2.75) is 0 Å². The first-order valence-corrected chi connectivity index (χ1v) is 6.38. The molecule has 0 amide bonds. The zero-order valence-corrected chi connectivity index (χ0v) is 11.8. The van der Waals surface area contributed by atoms with E-state index in [1.165, 1.54) is 12.1 Å². The van der Waals surface area contributed by atoms with Crippen LogP contribution < -0.4 is 16.0 Å². The predicted octanol–water partition coefficient (Wildman–Crippen LogP) is 1.10. The second kappa shape index (κ2) is 6.00. The molecule has 0 unspecified atom stereocenters. The van der Waals surface area contributed by atoms with Crippen LogP contribution in [-0.4, -0.2) is 9.97 Å². The summed E-state index contributed by atoms with van der Waals surface area (Å²) < 4.78 is 24.3. The highest BCUT2D eigenvalue weighted by molar-refractivity contribution is 5.83. The first-order chi connectivity index (χ1) is 11.6. The maximum atomic E-state index is 14.0. The molecular weight excluding hydrogens is 315 g/mol. The van der Waals surface area contributed by atoms with Crippen molar-refractivity contribution in [3.8, 4) is 53.4 Å². The predicted molar refractivity (Wildman–Crippen MR) is 82.5 cm³/mol. The third-order valence-corrected chi connectivity index (χ3v) is 2.88. The molecule has 0 atom stereocenters. The zero-order chi connectivity index (χ0) is 17.1. The van der Waals surface area contributed by atoms with Crippen LogP contribution in [-0.2, 0) is 0 Å². The van der Waals surface area contributed by atoms with Gasteiger partial charge in [-0.1, -0.05) is 0 Å². The molecule has 2 heterocycles. The molecular formula is C17H5FN2O4. The Morgan fingerprint density at radius 2 is 2.04 bits per heavy atom. The van der Waals surface area contributed by atoms with E-state index in [1.54, 1.807) is 0 Å². The van der Waals surface area contributed by atoms with Crippen LogP contribution in [0.3, 0.4) is 0 Å². The summed E-state index contributed by atoms with van der Waals surface area (Å²) >= 11 is 0. The Labute approximate surface area is 133 Å². The third kappa shape index (κ3) is 2.81. The van der Waals surface area contributed by atoms with Gasteiger partial charge in [-0.25, -0.2) is 9.18 Å². The lowest BCUT2D eigenvalue weighted by Crippen LogP contribution is -2.24. The number of ether oxygens (including phenoxy) is 1. The number of nitrogens with zero attached hydrogens (tertiary/aromatic N) is 1. The van der Waals surface area contributed by atoms with Gasteiger partial charge in [0.25, 0.3) is 5.56 Å². The number of rotatable bonds is 1. The molecule has 3 rings (SSSR count). The number of aromatic amines is 1. The SMILES string of the molecule is C#CC#CC#COc1cc2oc3nc(=O)[nH]c(=O)c-3cc2cc1F. The van der Waals surface area contributed by atoms with E-state index in [9.17, 15) is 14.0 Å². The molecule has 0 radical (unpaired) electrons. The van der Waals surface area contributed by atoms with Crippen LogP contribution in [0.15, 0.2) is 32.2 Å². The number of benzene rings is 1. The molecule has 0 saturated heterocycles. The molecule has 2 aliphatic heterocycles. The van der Waals surface area contributed by atoms with Crippen LogP contribution in [0.4, 0.5) is 4.39 Å². The van der Waals surface area contributed by atoms with E-state index in [-0.39, 0.29) is 22.8 Å². The standard InChI is InChI=1S/C17H5FN2O4/c1-2-3-4-5-6-23-14-9-13-10(8-12(14)18)7-11-15(21)19-17(22)20-16(11)24-13/h1,7-9H,(H,19,21,22). The lowest BCUT2D eigenvalue weighted by Gasteiger charge is -2.06. The maximum absolute atomic E-state index is 14.0. The Hall–Kier alpha value is -4.02. The number of hydrogen-bond acceptors (Lipinski definition) is 5. The monoisotopic (exact) mass is 320 g/mol. The summed E-state index contributed by atoms with van der Waals surface area (Å²) in [5.74, 6) is 7.79. The van der Waals surface area contributed by atoms with Gasteiger partial charge in [0.2, 0.25) is 5.89 Å². The van der Waals surface area contributed by atoms with Crippen molar-refractivity contribution in [2.24, 2.45) is 0 Å². The van der Waals surface area contributed by atoms with E-state index in [0.29, 0.717) is 5.39 Å². The summed E-state index contributed by atoms with van der Waals surface area (Å²) in [6.07, 6.45) is 7.09. The van der Waals surface area contributed by atoms with Gasteiger partial charge in [0, 0.05) is 23.3 Å². The summed E-state index contributed by atoms with van der Waals surface area (Å²) in [5, 5.41) is 0.290. The fourth-order valence-electron chi connectivity index (χ4n) is 1.91. The average Bonchev–Trinajstić information content (AvgIpc) is 2.54. The molecule has 0 aromatic heterocycles. The van der Waals surface area contributed by atoms with Gasteiger partial charge in [-0.05, 0) is 24.0 Å². The fourth-order valence-corrected chi connectivity index (χ4v) is 1.91. The molecule has 0 fully saturated rings. The Balaban J connectivity index is 2.13. The highest BCUT2D eigenvalue weighted by Gasteiger charge is 2.16. The molecule has 7 heteroatoms. The summed E-state index contributed by atoms with van der Waals surface area (Å²) in [6.45, 7) is 0. The number of hydrogen-bond donors (Lipinski definition) is 1. The minimum atomic E-state index is -0.841. The van der Waals surface area contributed by atoms with Crippen molar-refractivity contribution >= 4 is 11.0 Å². The first kappa shape index (κ1) is 14.9. The molecule has 1 aromatic carbocycles. The Morgan fingerprint density at radius 1 is 1.21 bits per heavy atom. The minimum Gasteiger partial charge on any atom is -0.437 e. The molecule has 24 heavy (non-hydrogen) atoms. The van der Waals surface area contributed by atoms with Gasteiger partial charge in [0.15, 0.2) is 11.6 Å². The van der Waals surface area contributed by atoms with Crippen molar-refractivity contribution in [3.63, 3.8) is 0 Å². The number of aromatic nitrogens is 2. The highest BCUT2D eigenvalue weighted by Crippen LogP contribution is 2.28. The van der Waals surface area contributed by atoms with E-state index in [1.807, 2.05) is 4.98 Å². The van der Waals surface area contributed by atoms with Gasteiger partial charge in [0.05, 0.1) is 0 Å². The number of H-pyrrole nitrogens is 1. The van der Waals surface area contributed by atoms with Crippen molar-refractivity contribution in [3.05, 3.63) is 44.9 Å². The van der Waals surface area contributed by atoms with Crippen LogP contribution in [0, 0.1) is 42.0 Å². The van der Waals surface area contributed by atoms with Crippen molar-refractivity contribution in [1.29, 1.82) is 0 Å². The fraction of sp³-hybridized carbons (Fsp3) is 0. The average molecular weight is 320 g/mol. The van der Waals surface area contributed by atoms with Gasteiger partial charge in [-0.15, -0.1) is 6.42 Å². The molecule has 0 saturated carbocycles. The molecule has 0 aliphatic carbocycles. The smallest absolute Gasteiger partial charge is 0.351 e. The first-order valence-electron chi connectivity index (χ1n) is 6.38. The quantitative estimate of drug-likeness (QED) is 0.536. The van der Waals surface area contributed by atoms with Gasteiger partial charge in [0.1, 0.15) is 17.3 Å². The van der Waals surface area contributed by atoms with Crippen LogP contribution in [0.1, 0.15) is 0 Å². The second-order valence-corrected chi connectivity index (χ2v) is 4.38. The van der Waals surface area contributed by atoms with E-state index < -0.39 is 17.1 Å². The minimum absolute atomic E-state index is 0.0273. The van der Waals surface area contributed by atoms with Crippen LogP contribution in [0.25, 0.3) is 22.4 Å². The Bertz CT molecular complexity index is 1210. The van der Waals surface area contributed by atoms with E-state index >= 15 is 0 Å². The number of terminal acetylenes is 1. The summed E-state index contributed by atoms with van der Waals surface area (Å²) in [4.78, 5) is 28.5.